The summed E-state index contributed by atoms with van der Waals surface area (Å²) in [6.45, 7) is 1.72. The van der Waals surface area contributed by atoms with Crippen molar-refractivity contribution in [2.45, 2.75) is 13.5 Å². The number of carbonyl (C=O) groups excluding carboxylic acids is 1. The molecule has 8 heteroatoms. The van der Waals surface area contributed by atoms with E-state index >= 15 is 0 Å². The summed E-state index contributed by atoms with van der Waals surface area (Å²) in [5.74, 6) is -0.139. The van der Waals surface area contributed by atoms with Crippen LogP contribution in [0.5, 0.6) is 5.75 Å². The van der Waals surface area contributed by atoms with E-state index in [2.05, 4.69) is 15.4 Å². The normalized spacial score (nSPS) is 11.0. The van der Waals surface area contributed by atoms with Gasteiger partial charge in [0.15, 0.2) is 5.75 Å². The van der Waals surface area contributed by atoms with Gasteiger partial charge in [-0.15, -0.1) is 0 Å². The smallest absolute Gasteiger partial charge is 0.440 e. The van der Waals surface area contributed by atoms with Gasteiger partial charge in [0.2, 0.25) is 0 Å². The average Bonchev–Trinajstić information content (AvgIpc) is 2.62. The van der Waals surface area contributed by atoms with E-state index in [1.165, 1.54) is 13.2 Å². The molecule has 1 N–H and O–H groups in total. The standard InChI is InChI=1S/C17H16ClFN2O4/c1-11(20-24-10-13-5-3-4-6-15(13)19)12-7-8-14(18)16(9-12)25-21-17(22)23-2/h3-9H,10H2,1-2H3,(H,21,22)/b20-11+. The molecule has 0 aromatic heterocycles. The molecule has 0 aliphatic carbocycles. The van der Waals surface area contributed by atoms with Crippen molar-refractivity contribution in [2.75, 3.05) is 7.11 Å². The van der Waals surface area contributed by atoms with Gasteiger partial charge in [0.1, 0.15) is 12.4 Å². The Hall–Kier alpha value is -2.80. The van der Waals surface area contributed by atoms with E-state index in [4.69, 9.17) is 21.3 Å². The Balaban J connectivity index is 2.04. The van der Waals surface area contributed by atoms with Crippen LogP contribution in [-0.2, 0) is 16.2 Å². The van der Waals surface area contributed by atoms with Crippen molar-refractivity contribution in [1.29, 1.82) is 0 Å². The molecule has 6 nitrogen and oxygen atoms in total. The lowest BCUT2D eigenvalue weighted by Gasteiger charge is -2.09. The van der Waals surface area contributed by atoms with Crippen molar-refractivity contribution in [3.05, 3.63) is 64.4 Å². The number of amides is 1. The van der Waals surface area contributed by atoms with Gasteiger partial charge in [-0.2, -0.15) is 5.48 Å². The number of methoxy groups -OCH3 is 1. The third-order valence-corrected chi connectivity index (χ3v) is 3.47. The van der Waals surface area contributed by atoms with E-state index in [0.717, 1.165) is 0 Å². The second-order valence-corrected chi connectivity index (χ2v) is 5.29. The van der Waals surface area contributed by atoms with Crippen molar-refractivity contribution in [2.24, 2.45) is 5.16 Å². The largest absolute Gasteiger partial charge is 0.451 e. The molecule has 1 amide bonds. The summed E-state index contributed by atoms with van der Waals surface area (Å²) in [5.41, 5.74) is 3.65. The molecule has 0 radical (unpaired) electrons. The second-order valence-electron chi connectivity index (χ2n) is 4.88. The van der Waals surface area contributed by atoms with Crippen LogP contribution in [0.25, 0.3) is 0 Å². The number of rotatable bonds is 6. The van der Waals surface area contributed by atoms with Gasteiger partial charge in [0.25, 0.3) is 0 Å². The quantitative estimate of drug-likeness (QED) is 0.618. The van der Waals surface area contributed by atoms with Crippen LogP contribution in [0.1, 0.15) is 18.1 Å². The number of nitrogens with one attached hydrogen (secondary N) is 1. The topological polar surface area (TPSA) is 69.2 Å². The fourth-order valence-corrected chi connectivity index (χ4v) is 1.97. The Bertz CT molecular complexity index is 783. The maximum absolute atomic E-state index is 13.5. The number of hydroxylamine groups is 1. The third kappa shape index (κ3) is 5.36. The maximum Gasteiger partial charge on any atom is 0.440 e. The summed E-state index contributed by atoms with van der Waals surface area (Å²) >= 11 is 6.00. The van der Waals surface area contributed by atoms with Gasteiger partial charge >= 0.3 is 6.09 Å². The van der Waals surface area contributed by atoms with E-state index in [1.807, 2.05) is 0 Å². The zero-order chi connectivity index (χ0) is 18.2. The summed E-state index contributed by atoms with van der Waals surface area (Å²) in [7, 11) is 1.21. The molecular weight excluding hydrogens is 351 g/mol. The molecule has 132 valence electrons. The third-order valence-electron chi connectivity index (χ3n) is 3.16. The Kier molecular flexibility index (Phi) is 6.59. The van der Waals surface area contributed by atoms with Crippen LogP contribution in [0.3, 0.4) is 0 Å². The number of hydrogen-bond donors (Lipinski definition) is 1. The van der Waals surface area contributed by atoms with E-state index in [0.29, 0.717) is 21.9 Å². The van der Waals surface area contributed by atoms with Gasteiger partial charge in [-0.05, 0) is 25.1 Å². The van der Waals surface area contributed by atoms with Crippen LogP contribution in [0.15, 0.2) is 47.6 Å². The average molecular weight is 367 g/mol. The molecule has 25 heavy (non-hydrogen) atoms. The summed E-state index contributed by atoms with van der Waals surface area (Å²) in [6, 6.07) is 11.2. The van der Waals surface area contributed by atoms with Gasteiger partial charge in [-0.1, -0.05) is 41.0 Å². The number of ether oxygens (including phenoxy) is 1. The van der Waals surface area contributed by atoms with Gasteiger partial charge in [-0.3, -0.25) is 0 Å². The zero-order valence-electron chi connectivity index (χ0n) is 13.6. The van der Waals surface area contributed by atoms with Gasteiger partial charge in [-0.25, -0.2) is 9.18 Å². The molecule has 0 aliphatic rings. The fraction of sp³-hybridized carbons (Fsp3) is 0.176. The van der Waals surface area contributed by atoms with Crippen molar-refractivity contribution in [3.63, 3.8) is 0 Å². The first-order valence-electron chi connectivity index (χ1n) is 7.22. The van der Waals surface area contributed by atoms with Crippen LogP contribution in [0.4, 0.5) is 9.18 Å². The zero-order valence-corrected chi connectivity index (χ0v) is 14.3. The van der Waals surface area contributed by atoms with E-state index in [9.17, 15) is 9.18 Å². The molecule has 0 heterocycles. The molecule has 2 aromatic carbocycles. The van der Waals surface area contributed by atoms with E-state index in [-0.39, 0.29) is 18.2 Å². The molecule has 2 aromatic rings. The Labute approximate surface area is 149 Å². The highest BCUT2D eigenvalue weighted by Gasteiger charge is 2.09. The number of benzene rings is 2. The minimum atomic E-state index is -0.764. The summed E-state index contributed by atoms with van der Waals surface area (Å²) in [4.78, 5) is 21.3. The lowest BCUT2D eigenvalue weighted by Crippen LogP contribution is -2.26. The molecule has 0 saturated heterocycles. The van der Waals surface area contributed by atoms with Crippen LogP contribution in [0.2, 0.25) is 5.02 Å². The van der Waals surface area contributed by atoms with Gasteiger partial charge < -0.3 is 14.4 Å². The molecule has 0 fully saturated rings. The first-order valence-corrected chi connectivity index (χ1v) is 7.59. The number of oxime groups is 1. The number of carbonyl (C=O) groups is 1. The van der Waals surface area contributed by atoms with Gasteiger partial charge in [0, 0.05) is 11.1 Å². The number of hydrogen-bond acceptors (Lipinski definition) is 5. The van der Waals surface area contributed by atoms with Crippen molar-refractivity contribution >= 4 is 23.4 Å². The Morgan fingerprint density at radius 1 is 1.28 bits per heavy atom. The summed E-state index contributed by atoms with van der Waals surface area (Å²) < 4.78 is 17.9. The van der Waals surface area contributed by atoms with Crippen LogP contribution < -0.4 is 10.3 Å². The lowest BCUT2D eigenvalue weighted by molar-refractivity contribution is 0.118. The molecule has 0 unspecified atom stereocenters. The molecule has 2 rings (SSSR count). The lowest BCUT2D eigenvalue weighted by atomic mass is 10.1. The highest BCUT2D eigenvalue weighted by Crippen LogP contribution is 2.25. The van der Waals surface area contributed by atoms with Crippen LogP contribution in [0, 0.1) is 5.82 Å². The SMILES string of the molecule is COC(=O)NOc1cc(/C(C)=N/OCc2ccccc2F)ccc1Cl. The number of nitrogens with zero attached hydrogens (tertiary/aromatic N) is 1. The van der Waals surface area contributed by atoms with E-state index < -0.39 is 6.09 Å². The monoisotopic (exact) mass is 366 g/mol. The first kappa shape index (κ1) is 18.5. The molecule has 0 saturated carbocycles. The Morgan fingerprint density at radius 2 is 2.04 bits per heavy atom. The van der Waals surface area contributed by atoms with Crippen LogP contribution in [-0.4, -0.2) is 18.9 Å². The predicted octanol–water partition coefficient (Wildman–Crippen LogP) is 4.07. The maximum atomic E-state index is 13.5. The minimum absolute atomic E-state index is 0.00482. The Morgan fingerprint density at radius 3 is 2.76 bits per heavy atom. The predicted molar refractivity (Wildman–Crippen MR) is 91.0 cm³/mol. The molecule has 0 aliphatic heterocycles. The summed E-state index contributed by atoms with van der Waals surface area (Å²) in [5, 5.41) is 4.24. The van der Waals surface area contributed by atoms with Gasteiger partial charge in [0.05, 0.1) is 17.8 Å². The van der Waals surface area contributed by atoms with Crippen LogP contribution >= 0.6 is 11.6 Å². The molecule has 0 bridgehead atoms. The minimum Gasteiger partial charge on any atom is -0.451 e. The summed E-state index contributed by atoms with van der Waals surface area (Å²) in [6.07, 6.45) is -0.764. The van der Waals surface area contributed by atoms with E-state index in [1.54, 1.807) is 43.3 Å². The highest BCUT2D eigenvalue weighted by atomic mass is 35.5. The number of halogens is 2. The fourth-order valence-electron chi connectivity index (χ4n) is 1.81. The highest BCUT2D eigenvalue weighted by molar-refractivity contribution is 6.32. The molecule has 0 spiro atoms. The van der Waals surface area contributed by atoms with Crippen molar-refractivity contribution < 1.29 is 23.6 Å². The molecular formula is C17H16ClFN2O4. The first-order chi connectivity index (χ1) is 12.0. The van der Waals surface area contributed by atoms with Crippen molar-refractivity contribution in [1.82, 2.24) is 5.48 Å². The van der Waals surface area contributed by atoms with Crippen molar-refractivity contribution in [3.8, 4) is 5.75 Å². The second kappa shape index (κ2) is 8.89. The molecule has 0 atom stereocenters.